The van der Waals surface area contributed by atoms with E-state index in [2.05, 4.69) is 10.1 Å². The normalized spacial score (nSPS) is 11.3. The predicted octanol–water partition coefficient (Wildman–Crippen LogP) is 7.79. The van der Waals surface area contributed by atoms with Gasteiger partial charge in [-0.1, -0.05) is 54.6 Å². The number of rotatable bonds is 10. The number of ether oxygens (including phenoxy) is 3. The van der Waals surface area contributed by atoms with Crippen molar-refractivity contribution >= 4 is 33.1 Å². The number of aromatic nitrogens is 3. The first-order chi connectivity index (χ1) is 21.5. The van der Waals surface area contributed by atoms with Gasteiger partial charge in [-0.05, 0) is 41.0 Å². The summed E-state index contributed by atoms with van der Waals surface area (Å²) < 4.78 is 30.6. The molecule has 0 N–H and O–H groups in total. The zero-order valence-corrected chi connectivity index (χ0v) is 25.0. The highest BCUT2D eigenvalue weighted by molar-refractivity contribution is 7.18. The number of hydrogen-bond acceptors (Lipinski definition) is 9. The van der Waals surface area contributed by atoms with E-state index < -0.39 is 0 Å². The largest absolute Gasteiger partial charge is 0.496 e. The first kappa shape index (κ1) is 27.5. The van der Waals surface area contributed by atoms with E-state index in [4.69, 9.17) is 23.0 Å². The van der Waals surface area contributed by atoms with Crippen LogP contribution in [0.5, 0.6) is 16.7 Å². The Morgan fingerprint density at radius 2 is 1.82 bits per heavy atom. The second-order valence-electron chi connectivity index (χ2n) is 10.3. The molecule has 7 aromatic rings. The van der Waals surface area contributed by atoms with Crippen LogP contribution < -0.4 is 14.2 Å². The molecule has 4 aromatic heterocycles. The topological polar surface area (TPSA) is 101 Å². The number of fused-ring (bicyclic) bond motifs is 2. The molecule has 0 unspecified atom stereocenters. The molecule has 3 aromatic carbocycles. The van der Waals surface area contributed by atoms with Crippen LogP contribution in [0.25, 0.3) is 38.7 Å². The smallest absolute Gasteiger partial charge is 0.294 e. The Labute approximate surface area is 256 Å². The minimum atomic E-state index is 0.00129. The molecule has 7 rings (SSSR count). The molecule has 0 aliphatic carbocycles. The maximum absolute atomic E-state index is 13.5. The summed E-state index contributed by atoms with van der Waals surface area (Å²) in [5.74, 6) is 2.40. The van der Waals surface area contributed by atoms with Crippen molar-refractivity contribution in [2.24, 2.45) is 0 Å². The SMILES string of the molecule is COc1cc(OCc2cccc(CC(=O)c3c(C)coc3-c3ccccc3)c2)c2cc(-c3cn4nc(OC)sc4n3)oc2c1. The molecule has 220 valence electrons. The number of Topliss-reactive ketones (excluding diaryl/α,β-unsaturated/α-hetero) is 1. The summed E-state index contributed by atoms with van der Waals surface area (Å²) in [5.41, 5.74) is 5.39. The maximum Gasteiger partial charge on any atom is 0.294 e. The molecule has 44 heavy (non-hydrogen) atoms. The summed E-state index contributed by atoms with van der Waals surface area (Å²) in [4.78, 5) is 18.8. The van der Waals surface area contributed by atoms with Crippen molar-refractivity contribution in [3.8, 4) is 39.5 Å². The van der Waals surface area contributed by atoms with E-state index in [0.717, 1.165) is 27.6 Å². The molecule has 9 nitrogen and oxygen atoms in total. The number of carbonyl (C=O) groups is 1. The number of aryl methyl sites for hydroxylation is 1. The monoisotopic (exact) mass is 605 g/mol. The molecular formula is C34H27N3O6S. The van der Waals surface area contributed by atoms with Gasteiger partial charge in [0, 0.05) is 24.1 Å². The van der Waals surface area contributed by atoms with Crippen molar-refractivity contribution in [2.75, 3.05) is 14.2 Å². The van der Waals surface area contributed by atoms with E-state index in [1.54, 1.807) is 31.2 Å². The number of carbonyl (C=O) groups excluding carboxylic acids is 1. The zero-order chi connectivity index (χ0) is 30.2. The lowest BCUT2D eigenvalue weighted by Crippen LogP contribution is -2.06. The second-order valence-corrected chi connectivity index (χ2v) is 11.2. The lowest BCUT2D eigenvalue weighted by Gasteiger charge is -2.10. The van der Waals surface area contributed by atoms with E-state index in [9.17, 15) is 4.79 Å². The summed E-state index contributed by atoms with van der Waals surface area (Å²) in [6, 6.07) is 23.1. The minimum Gasteiger partial charge on any atom is -0.496 e. The van der Waals surface area contributed by atoms with E-state index in [1.807, 2.05) is 79.7 Å². The van der Waals surface area contributed by atoms with Crippen molar-refractivity contribution in [1.29, 1.82) is 0 Å². The van der Waals surface area contributed by atoms with Gasteiger partial charge >= 0.3 is 0 Å². The Kier molecular flexibility index (Phi) is 7.11. The molecule has 0 aliphatic rings. The van der Waals surface area contributed by atoms with Crippen LogP contribution in [0.15, 0.2) is 94.1 Å². The molecule has 0 fully saturated rings. The average molecular weight is 606 g/mol. The molecule has 4 heterocycles. The average Bonchev–Trinajstić information content (AvgIpc) is 3.82. The quantitative estimate of drug-likeness (QED) is 0.146. The third-order valence-electron chi connectivity index (χ3n) is 7.30. The Hall–Kier alpha value is -5.35. The van der Waals surface area contributed by atoms with E-state index in [0.29, 0.717) is 50.0 Å². The molecular weight excluding hydrogens is 578 g/mol. The molecule has 0 spiro atoms. The molecule has 0 saturated carbocycles. The highest BCUT2D eigenvalue weighted by Crippen LogP contribution is 2.38. The summed E-state index contributed by atoms with van der Waals surface area (Å²) in [5, 5.41) is 5.66. The summed E-state index contributed by atoms with van der Waals surface area (Å²) in [6.45, 7) is 2.18. The number of hydrogen-bond donors (Lipinski definition) is 0. The highest BCUT2D eigenvalue weighted by atomic mass is 32.1. The lowest BCUT2D eigenvalue weighted by atomic mass is 9.97. The van der Waals surface area contributed by atoms with Gasteiger partial charge in [-0.15, -0.1) is 5.10 Å². The minimum absolute atomic E-state index is 0.00129. The fraction of sp³-hybridized carbons (Fsp3) is 0.147. The third-order valence-corrected chi connectivity index (χ3v) is 8.18. The van der Waals surface area contributed by atoms with E-state index in [1.165, 1.54) is 11.3 Å². The summed E-state index contributed by atoms with van der Waals surface area (Å²) >= 11 is 1.35. The fourth-order valence-corrected chi connectivity index (χ4v) is 5.89. The highest BCUT2D eigenvalue weighted by Gasteiger charge is 2.21. The van der Waals surface area contributed by atoms with Crippen molar-refractivity contribution in [2.45, 2.75) is 20.0 Å². The van der Waals surface area contributed by atoms with Crippen LogP contribution in [-0.4, -0.2) is 34.6 Å². The van der Waals surface area contributed by atoms with Gasteiger partial charge in [-0.3, -0.25) is 4.79 Å². The van der Waals surface area contributed by atoms with Gasteiger partial charge in [0.1, 0.15) is 35.1 Å². The Morgan fingerprint density at radius 1 is 0.977 bits per heavy atom. The van der Waals surface area contributed by atoms with Crippen molar-refractivity contribution in [1.82, 2.24) is 14.6 Å². The van der Waals surface area contributed by atoms with Crippen molar-refractivity contribution in [3.05, 3.63) is 108 Å². The van der Waals surface area contributed by atoms with Crippen LogP contribution in [0.1, 0.15) is 27.0 Å². The van der Waals surface area contributed by atoms with Gasteiger partial charge in [0.05, 0.1) is 37.6 Å². The van der Waals surface area contributed by atoms with Crippen LogP contribution in [0.3, 0.4) is 0 Å². The number of furan rings is 2. The van der Waals surface area contributed by atoms with Gasteiger partial charge in [-0.2, -0.15) is 0 Å². The molecule has 0 radical (unpaired) electrons. The van der Waals surface area contributed by atoms with Crippen molar-refractivity contribution in [3.63, 3.8) is 0 Å². The first-order valence-corrected chi connectivity index (χ1v) is 14.7. The fourth-order valence-electron chi connectivity index (χ4n) is 5.19. The van der Waals surface area contributed by atoms with Gasteiger partial charge in [-0.25, -0.2) is 9.50 Å². The van der Waals surface area contributed by atoms with E-state index >= 15 is 0 Å². The molecule has 0 bridgehead atoms. The Bertz CT molecular complexity index is 2090. The Balaban J connectivity index is 1.11. The van der Waals surface area contributed by atoms with Crippen LogP contribution in [0.4, 0.5) is 0 Å². The first-order valence-electron chi connectivity index (χ1n) is 13.9. The number of nitrogens with zero attached hydrogens (tertiary/aromatic N) is 3. The van der Waals surface area contributed by atoms with Crippen LogP contribution >= 0.6 is 11.3 Å². The van der Waals surface area contributed by atoms with Crippen LogP contribution in [0.2, 0.25) is 0 Å². The molecule has 0 amide bonds. The predicted molar refractivity (Wildman–Crippen MR) is 167 cm³/mol. The van der Waals surface area contributed by atoms with Gasteiger partial charge < -0.3 is 23.0 Å². The Morgan fingerprint density at radius 3 is 2.61 bits per heavy atom. The maximum atomic E-state index is 13.5. The van der Waals surface area contributed by atoms with Gasteiger partial charge in [0.15, 0.2) is 11.5 Å². The van der Waals surface area contributed by atoms with E-state index in [-0.39, 0.29) is 18.8 Å². The standard InChI is InChI=1S/C34H27N3O6S/c1-20-18-42-32(23-10-5-4-6-11-23)31(20)27(38)13-21-8-7-9-22(12-21)19-41-28-14-24(39-2)15-29-25(28)16-30(43-29)26-17-37-33(35-26)44-34(36-37)40-3/h4-12,14-18H,13,19H2,1-3H3. The summed E-state index contributed by atoms with van der Waals surface area (Å²) in [6.07, 6.45) is 3.68. The molecule has 0 saturated heterocycles. The number of methoxy groups -OCH3 is 2. The van der Waals surface area contributed by atoms with Crippen molar-refractivity contribution < 1.29 is 27.8 Å². The van der Waals surface area contributed by atoms with Crippen LogP contribution in [0, 0.1) is 6.92 Å². The lowest BCUT2D eigenvalue weighted by molar-refractivity contribution is 0.0992. The number of ketones is 1. The number of imidazole rings is 1. The summed E-state index contributed by atoms with van der Waals surface area (Å²) in [7, 11) is 3.18. The van der Waals surface area contributed by atoms with Gasteiger partial charge in [0.25, 0.3) is 5.19 Å². The molecule has 10 heteroatoms. The third kappa shape index (κ3) is 5.20. The van der Waals surface area contributed by atoms with Crippen LogP contribution in [-0.2, 0) is 13.0 Å². The second kappa shape index (κ2) is 11.4. The zero-order valence-electron chi connectivity index (χ0n) is 24.2. The molecule has 0 aliphatic heterocycles. The number of benzene rings is 3. The molecule has 0 atom stereocenters. The van der Waals surface area contributed by atoms with Gasteiger partial charge in [0.2, 0.25) is 4.96 Å².